The summed E-state index contributed by atoms with van der Waals surface area (Å²) in [6.45, 7) is 6.01. The van der Waals surface area contributed by atoms with E-state index >= 15 is 0 Å². The molecule has 0 aromatic heterocycles. The van der Waals surface area contributed by atoms with Crippen molar-refractivity contribution in [2.75, 3.05) is 0 Å². The molecule has 0 amide bonds. The topological polar surface area (TPSA) is 20.2 Å². The van der Waals surface area contributed by atoms with Crippen molar-refractivity contribution in [1.29, 1.82) is 0 Å². The van der Waals surface area contributed by atoms with Gasteiger partial charge in [0.1, 0.15) is 0 Å². The predicted molar refractivity (Wildman–Crippen MR) is 75.3 cm³/mol. The molecule has 0 saturated heterocycles. The average molecular weight is 248 g/mol. The summed E-state index contributed by atoms with van der Waals surface area (Å²) >= 11 is 0. The maximum atomic E-state index is 10.3. The summed E-state index contributed by atoms with van der Waals surface area (Å²) in [7, 11) is 0. The second-order valence-electron chi connectivity index (χ2n) is 7.77. The van der Waals surface area contributed by atoms with Gasteiger partial charge in [0.15, 0.2) is 0 Å². The highest BCUT2D eigenvalue weighted by Crippen LogP contribution is 2.61. The van der Waals surface area contributed by atoms with Crippen LogP contribution in [0.5, 0.6) is 0 Å². The highest BCUT2D eigenvalue weighted by atomic mass is 16.3. The first-order valence-corrected chi connectivity index (χ1v) is 7.87. The van der Waals surface area contributed by atoms with E-state index in [9.17, 15) is 5.11 Å². The van der Waals surface area contributed by atoms with Crippen molar-refractivity contribution in [1.82, 2.24) is 0 Å². The Hall–Kier alpha value is -0.300. The molecular weight excluding hydrogens is 220 g/mol. The van der Waals surface area contributed by atoms with Gasteiger partial charge in [-0.15, -0.1) is 6.58 Å². The lowest BCUT2D eigenvalue weighted by Gasteiger charge is -2.57. The van der Waals surface area contributed by atoms with Crippen molar-refractivity contribution >= 4 is 0 Å². The molecule has 0 aliphatic heterocycles. The van der Waals surface area contributed by atoms with Gasteiger partial charge in [0, 0.05) is 0 Å². The Morgan fingerprint density at radius 3 is 2.11 bits per heavy atom. The van der Waals surface area contributed by atoms with E-state index in [0.29, 0.717) is 5.41 Å². The minimum absolute atomic E-state index is 0.0852. The second-order valence-corrected chi connectivity index (χ2v) is 7.77. The standard InChI is InChI=1S/C17H28O/c1-12(2)3-4-16(18)11-17-8-13-5-14(9-17)7-15(6-13)10-17/h13-16,18H,1,3-11H2,2H3. The molecule has 4 aliphatic rings. The highest BCUT2D eigenvalue weighted by molar-refractivity contribution is 5.02. The lowest BCUT2D eigenvalue weighted by Crippen LogP contribution is -2.47. The van der Waals surface area contributed by atoms with Crippen molar-refractivity contribution in [2.45, 2.75) is 70.8 Å². The van der Waals surface area contributed by atoms with Crippen LogP contribution in [0.2, 0.25) is 0 Å². The predicted octanol–water partition coefficient (Wildman–Crippen LogP) is 4.31. The fraction of sp³-hybridized carbons (Fsp3) is 0.882. The molecule has 4 bridgehead atoms. The van der Waals surface area contributed by atoms with E-state index in [4.69, 9.17) is 0 Å². The Balaban J connectivity index is 1.60. The highest BCUT2D eigenvalue weighted by Gasteiger charge is 2.51. The molecule has 4 saturated carbocycles. The summed E-state index contributed by atoms with van der Waals surface area (Å²) in [6.07, 6.45) is 11.7. The molecule has 0 heterocycles. The molecule has 1 atom stereocenters. The first-order chi connectivity index (χ1) is 8.55. The summed E-state index contributed by atoms with van der Waals surface area (Å²) in [5.74, 6) is 3.01. The summed E-state index contributed by atoms with van der Waals surface area (Å²) < 4.78 is 0. The van der Waals surface area contributed by atoms with Gasteiger partial charge < -0.3 is 5.11 Å². The Labute approximate surface area is 112 Å². The molecule has 0 aromatic rings. The molecule has 0 radical (unpaired) electrons. The molecule has 4 fully saturated rings. The molecule has 4 aliphatic carbocycles. The Kier molecular flexibility index (Phi) is 3.30. The SMILES string of the molecule is C=C(C)CCC(O)CC12CC3CC(CC(C3)C1)C2. The van der Waals surface area contributed by atoms with Gasteiger partial charge in [0.2, 0.25) is 0 Å². The van der Waals surface area contributed by atoms with Gasteiger partial charge >= 0.3 is 0 Å². The Bertz CT molecular complexity index is 295. The van der Waals surface area contributed by atoms with Gasteiger partial charge in [0.05, 0.1) is 6.10 Å². The lowest BCUT2D eigenvalue weighted by atomic mass is 9.48. The van der Waals surface area contributed by atoms with Crippen LogP contribution < -0.4 is 0 Å². The molecule has 1 nitrogen and oxygen atoms in total. The third-order valence-corrected chi connectivity index (χ3v) is 5.74. The van der Waals surface area contributed by atoms with Gasteiger partial charge in [0.25, 0.3) is 0 Å². The fourth-order valence-electron chi connectivity index (χ4n) is 5.55. The van der Waals surface area contributed by atoms with E-state index in [1.54, 1.807) is 0 Å². The summed E-state index contributed by atoms with van der Waals surface area (Å²) in [5, 5.41) is 10.3. The van der Waals surface area contributed by atoms with Gasteiger partial charge in [-0.1, -0.05) is 5.57 Å². The number of hydrogen-bond acceptors (Lipinski definition) is 1. The van der Waals surface area contributed by atoms with Crippen LogP contribution in [0.1, 0.15) is 64.7 Å². The molecule has 1 unspecified atom stereocenters. The smallest absolute Gasteiger partial charge is 0.0548 e. The van der Waals surface area contributed by atoms with E-state index in [0.717, 1.165) is 37.0 Å². The van der Waals surface area contributed by atoms with Gasteiger partial charge in [-0.3, -0.25) is 0 Å². The quantitative estimate of drug-likeness (QED) is 0.719. The van der Waals surface area contributed by atoms with Crippen molar-refractivity contribution in [3.8, 4) is 0 Å². The zero-order valence-corrected chi connectivity index (χ0v) is 11.8. The molecule has 4 rings (SSSR count). The molecule has 1 N–H and O–H groups in total. The van der Waals surface area contributed by atoms with Gasteiger partial charge in [-0.05, 0) is 87.9 Å². The zero-order valence-electron chi connectivity index (χ0n) is 11.8. The largest absolute Gasteiger partial charge is 0.393 e. The fourth-order valence-corrected chi connectivity index (χ4v) is 5.55. The maximum absolute atomic E-state index is 10.3. The minimum atomic E-state index is -0.0852. The molecular formula is C17H28O. The zero-order chi connectivity index (χ0) is 12.8. The molecule has 1 heteroatoms. The number of aliphatic hydroxyl groups is 1. The second kappa shape index (κ2) is 4.67. The van der Waals surface area contributed by atoms with Crippen LogP contribution in [0.25, 0.3) is 0 Å². The third kappa shape index (κ3) is 2.52. The van der Waals surface area contributed by atoms with Crippen LogP contribution >= 0.6 is 0 Å². The molecule has 0 aromatic carbocycles. The van der Waals surface area contributed by atoms with E-state index in [1.807, 2.05) is 0 Å². The van der Waals surface area contributed by atoms with Gasteiger partial charge in [-0.25, -0.2) is 0 Å². The van der Waals surface area contributed by atoms with E-state index in [-0.39, 0.29) is 6.10 Å². The lowest BCUT2D eigenvalue weighted by molar-refractivity contribution is -0.0765. The van der Waals surface area contributed by atoms with E-state index < -0.39 is 0 Å². The summed E-state index contributed by atoms with van der Waals surface area (Å²) in [5.41, 5.74) is 1.74. The average Bonchev–Trinajstić information content (AvgIpc) is 2.23. The van der Waals surface area contributed by atoms with Crippen LogP contribution in [-0.4, -0.2) is 11.2 Å². The monoisotopic (exact) mass is 248 g/mol. The molecule has 102 valence electrons. The van der Waals surface area contributed by atoms with E-state index in [1.165, 1.54) is 44.1 Å². The van der Waals surface area contributed by atoms with Crippen LogP contribution in [0.15, 0.2) is 12.2 Å². The van der Waals surface area contributed by atoms with Crippen molar-refractivity contribution in [3.63, 3.8) is 0 Å². The van der Waals surface area contributed by atoms with Crippen LogP contribution in [0.4, 0.5) is 0 Å². The number of hydrogen-bond donors (Lipinski definition) is 1. The first kappa shape index (κ1) is 12.7. The summed E-state index contributed by atoms with van der Waals surface area (Å²) in [6, 6.07) is 0. The Morgan fingerprint density at radius 2 is 1.67 bits per heavy atom. The first-order valence-electron chi connectivity index (χ1n) is 7.87. The number of allylic oxidation sites excluding steroid dienone is 1. The Morgan fingerprint density at radius 1 is 1.17 bits per heavy atom. The van der Waals surface area contributed by atoms with Crippen molar-refractivity contribution < 1.29 is 5.11 Å². The molecule has 18 heavy (non-hydrogen) atoms. The number of rotatable bonds is 5. The van der Waals surface area contributed by atoms with Gasteiger partial charge in [-0.2, -0.15) is 0 Å². The van der Waals surface area contributed by atoms with Crippen molar-refractivity contribution in [3.05, 3.63) is 12.2 Å². The summed E-state index contributed by atoms with van der Waals surface area (Å²) in [4.78, 5) is 0. The molecule has 0 spiro atoms. The normalized spacial score (nSPS) is 43.1. The van der Waals surface area contributed by atoms with Crippen LogP contribution in [-0.2, 0) is 0 Å². The van der Waals surface area contributed by atoms with Crippen molar-refractivity contribution in [2.24, 2.45) is 23.2 Å². The number of aliphatic hydroxyl groups excluding tert-OH is 1. The maximum Gasteiger partial charge on any atom is 0.0548 e. The van der Waals surface area contributed by atoms with E-state index in [2.05, 4.69) is 13.5 Å². The third-order valence-electron chi connectivity index (χ3n) is 5.74. The van der Waals surface area contributed by atoms with Crippen LogP contribution in [0.3, 0.4) is 0 Å². The minimum Gasteiger partial charge on any atom is -0.393 e. The van der Waals surface area contributed by atoms with Crippen LogP contribution in [0, 0.1) is 23.2 Å².